The molecule has 15 heavy (non-hydrogen) atoms. The van der Waals surface area contributed by atoms with E-state index in [-0.39, 0.29) is 0 Å². The first-order valence-corrected chi connectivity index (χ1v) is 7.28. The van der Waals surface area contributed by atoms with Crippen molar-refractivity contribution in [1.29, 1.82) is 0 Å². The Bertz CT molecular complexity index is 357. The number of aromatic nitrogens is 1. The van der Waals surface area contributed by atoms with Gasteiger partial charge in [0.2, 0.25) is 0 Å². The van der Waals surface area contributed by atoms with Gasteiger partial charge in [-0.15, -0.1) is 0 Å². The van der Waals surface area contributed by atoms with Crippen molar-refractivity contribution in [2.45, 2.75) is 13.3 Å². The van der Waals surface area contributed by atoms with Crippen molar-refractivity contribution in [1.82, 2.24) is 4.98 Å². The Labute approximate surface area is 101 Å². The number of nitrogens with one attached hydrogen (secondary N) is 1. The number of hydrogen-bond acceptors (Lipinski definition) is 3. The lowest BCUT2D eigenvalue weighted by molar-refractivity contribution is 0.685. The minimum Gasteiger partial charge on any atom is -0.369 e. The van der Waals surface area contributed by atoms with Gasteiger partial charge in [0.15, 0.2) is 0 Å². The second-order valence-corrected chi connectivity index (χ2v) is 5.70. The molecule has 0 aliphatic rings. The number of hydrogen-bond donors (Lipinski definition) is 1. The largest absolute Gasteiger partial charge is 0.369 e. The van der Waals surface area contributed by atoms with Crippen molar-refractivity contribution in [2.75, 3.05) is 23.9 Å². The average molecular weight is 291 g/mol. The third-order valence-electron chi connectivity index (χ3n) is 1.98. The van der Waals surface area contributed by atoms with E-state index in [9.17, 15) is 4.21 Å². The smallest absolute Gasteiger partial charge is 0.140 e. The molecule has 0 aliphatic carbocycles. The number of aryl methyl sites for hydroxylation is 1. The van der Waals surface area contributed by atoms with Gasteiger partial charge >= 0.3 is 0 Å². The molecule has 1 aromatic heterocycles. The molecular weight excluding hydrogens is 276 g/mol. The van der Waals surface area contributed by atoms with Crippen LogP contribution in [0.1, 0.15) is 12.0 Å². The fourth-order valence-corrected chi connectivity index (χ4v) is 2.07. The lowest BCUT2D eigenvalue weighted by Gasteiger charge is -2.08. The maximum atomic E-state index is 10.8. The molecule has 0 radical (unpaired) electrons. The molecule has 0 spiro atoms. The predicted octanol–water partition coefficient (Wildman–Crippen LogP) is 2.33. The molecule has 1 unspecified atom stereocenters. The molecule has 0 aliphatic heterocycles. The number of halogens is 1. The lowest BCUT2D eigenvalue weighted by Crippen LogP contribution is -2.07. The summed E-state index contributed by atoms with van der Waals surface area (Å²) >= 11 is 3.48. The normalized spacial score (nSPS) is 12.5. The van der Waals surface area contributed by atoms with E-state index in [1.54, 1.807) is 12.5 Å². The first-order chi connectivity index (χ1) is 7.11. The van der Waals surface area contributed by atoms with Crippen molar-refractivity contribution in [3.63, 3.8) is 0 Å². The van der Waals surface area contributed by atoms with Gasteiger partial charge in [0.05, 0.1) is 4.47 Å². The highest BCUT2D eigenvalue weighted by Gasteiger charge is 2.02. The highest BCUT2D eigenvalue weighted by molar-refractivity contribution is 9.10. The van der Waals surface area contributed by atoms with Crippen molar-refractivity contribution < 1.29 is 4.21 Å². The van der Waals surface area contributed by atoms with Gasteiger partial charge in [-0.3, -0.25) is 4.21 Å². The Morgan fingerprint density at radius 2 is 2.33 bits per heavy atom. The van der Waals surface area contributed by atoms with Crippen LogP contribution in [0.15, 0.2) is 16.7 Å². The van der Waals surface area contributed by atoms with Gasteiger partial charge in [-0.25, -0.2) is 4.98 Å². The summed E-state index contributed by atoms with van der Waals surface area (Å²) in [5.41, 5.74) is 1.16. The molecule has 0 amide bonds. The third-order valence-corrected chi connectivity index (χ3v) is 3.85. The summed E-state index contributed by atoms with van der Waals surface area (Å²) in [5, 5.41) is 3.22. The van der Waals surface area contributed by atoms with Gasteiger partial charge in [0, 0.05) is 35.5 Å². The minimum atomic E-state index is -0.705. The van der Waals surface area contributed by atoms with Crippen molar-refractivity contribution >= 4 is 32.5 Å². The molecule has 84 valence electrons. The highest BCUT2D eigenvalue weighted by atomic mass is 79.9. The van der Waals surface area contributed by atoms with E-state index in [4.69, 9.17) is 0 Å². The summed E-state index contributed by atoms with van der Waals surface area (Å²) in [6.07, 6.45) is 4.40. The van der Waals surface area contributed by atoms with Crippen molar-refractivity contribution in [2.24, 2.45) is 0 Å². The molecule has 3 nitrogen and oxygen atoms in total. The van der Waals surface area contributed by atoms with E-state index >= 15 is 0 Å². The molecular formula is C10H15BrN2OS. The average Bonchev–Trinajstić information content (AvgIpc) is 2.18. The molecule has 1 N–H and O–H groups in total. The van der Waals surface area contributed by atoms with Gasteiger partial charge in [0.25, 0.3) is 0 Å². The zero-order valence-corrected chi connectivity index (χ0v) is 11.3. The van der Waals surface area contributed by atoms with Crippen LogP contribution in [-0.2, 0) is 10.8 Å². The van der Waals surface area contributed by atoms with Gasteiger partial charge in [-0.2, -0.15) is 0 Å². The molecule has 0 saturated carbocycles. The van der Waals surface area contributed by atoms with Crippen LogP contribution < -0.4 is 5.32 Å². The Balaban J connectivity index is 2.44. The van der Waals surface area contributed by atoms with E-state index < -0.39 is 10.8 Å². The van der Waals surface area contributed by atoms with Crippen LogP contribution in [0, 0.1) is 6.92 Å². The molecule has 1 aromatic rings. The van der Waals surface area contributed by atoms with Crippen LogP contribution in [0.5, 0.6) is 0 Å². The Hall–Kier alpha value is -0.420. The van der Waals surface area contributed by atoms with E-state index in [1.807, 2.05) is 13.0 Å². The molecule has 0 saturated heterocycles. The van der Waals surface area contributed by atoms with Crippen molar-refractivity contribution in [3.05, 3.63) is 22.3 Å². The van der Waals surface area contributed by atoms with E-state index in [2.05, 4.69) is 26.2 Å². The predicted molar refractivity (Wildman–Crippen MR) is 68.7 cm³/mol. The zero-order chi connectivity index (χ0) is 11.3. The Kier molecular flexibility index (Phi) is 5.25. The molecule has 5 heteroatoms. The summed E-state index contributed by atoms with van der Waals surface area (Å²) in [4.78, 5) is 4.22. The SMILES string of the molecule is Cc1ccnc(NCCCS(C)=O)c1Br. The fraction of sp³-hybridized carbons (Fsp3) is 0.500. The highest BCUT2D eigenvalue weighted by Crippen LogP contribution is 2.22. The van der Waals surface area contributed by atoms with E-state index in [0.29, 0.717) is 0 Å². The summed E-state index contributed by atoms with van der Waals surface area (Å²) in [6, 6.07) is 1.95. The first-order valence-electron chi connectivity index (χ1n) is 4.76. The third kappa shape index (κ3) is 4.30. The summed E-state index contributed by atoms with van der Waals surface area (Å²) in [7, 11) is -0.705. The first kappa shape index (κ1) is 12.6. The topological polar surface area (TPSA) is 42.0 Å². The van der Waals surface area contributed by atoms with Crippen LogP contribution in [0.4, 0.5) is 5.82 Å². The van der Waals surface area contributed by atoms with Gasteiger partial charge in [0.1, 0.15) is 5.82 Å². The monoisotopic (exact) mass is 290 g/mol. The van der Waals surface area contributed by atoms with Crippen molar-refractivity contribution in [3.8, 4) is 0 Å². The zero-order valence-electron chi connectivity index (χ0n) is 8.92. The van der Waals surface area contributed by atoms with Crippen LogP contribution in [-0.4, -0.2) is 27.7 Å². The molecule has 0 aromatic carbocycles. The Morgan fingerprint density at radius 3 is 3.00 bits per heavy atom. The summed E-state index contributed by atoms with van der Waals surface area (Å²) in [6.45, 7) is 2.83. The van der Waals surface area contributed by atoms with Crippen LogP contribution >= 0.6 is 15.9 Å². The second-order valence-electron chi connectivity index (χ2n) is 3.35. The molecule has 0 fully saturated rings. The number of rotatable bonds is 5. The van der Waals surface area contributed by atoms with Gasteiger partial charge in [-0.1, -0.05) is 0 Å². The van der Waals surface area contributed by atoms with Crippen LogP contribution in [0.25, 0.3) is 0 Å². The summed E-state index contributed by atoms with van der Waals surface area (Å²) < 4.78 is 11.8. The summed E-state index contributed by atoms with van der Waals surface area (Å²) in [5.74, 6) is 1.59. The molecule has 1 atom stereocenters. The number of nitrogens with zero attached hydrogens (tertiary/aromatic N) is 1. The van der Waals surface area contributed by atoms with Crippen LogP contribution in [0.2, 0.25) is 0 Å². The number of anilines is 1. The van der Waals surface area contributed by atoms with E-state index in [0.717, 1.165) is 34.6 Å². The fourth-order valence-electron chi connectivity index (χ4n) is 1.15. The van der Waals surface area contributed by atoms with E-state index in [1.165, 1.54) is 0 Å². The minimum absolute atomic E-state index is 0.705. The number of pyridine rings is 1. The maximum Gasteiger partial charge on any atom is 0.140 e. The molecule has 1 heterocycles. The lowest BCUT2D eigenvalue weighted by atomic mass is 10.3. The Morgan fingerprint density at radius 1 is 1.60 bits per heavy atom. The second kappa shape index (κ2) is 6.23. The molecule has 1 rings (SSSR count). The quantitative estimate of drug-likeness (QED) is 0.847. The maximum absolute atomic E-state index is 10.8. The standard InChI is InChI=1S/C10H15BrN2OS/c1-8-4-6-13-10(9(8)11)12-5-3-7-15(2)14/h4,6H,3,5,7H2,1-2H3,(H,12,13). The van der Waals surface area contributed by atoms with Crippen LogP contribution in [0.3, 0.4) is 0 Å². The van der Waals surface area contributed by atoms with Gasteiger partial charge in [-0.05, 0) is 40.9 Å². The van der Waals surface area contributed by atoms with Gasteiger partial charge < -0.3 is 5.32 Å². The molecule has 0 bridgehead atoms.